The van der Waals surface area contributed by atoms with Crippen LogP contribution in [0.1, 0.15) is 47.6 Å². The van der Waals surface area contributed by atoms with E-state index in [1.807, 2.05) is 0 Å². The van der Waals surface area contributed by atoms with Gasteiger partial charge in [0.05, 0.1) is 10.9 Å². The lowest BCUT2D eigenvalue weighted by Crippen LogP contribution is -2.57. The molecule has 0 radical (unpaired) electrons. The van der Waals surface area contributed by atoms with Crippen molar-refractivity contribution in [3.05, 3.63) is 39.2 Å². The molecule has 1 aromatic heterocycles. The number of carboxylic acid groups (broad SMARTS) is 1. The van der Waals surface area contributed by atoms with Gasteiger partial charge in [-0.15, -0.1) is 0 Å². The molecule has 3 aliphatic rings. The summed E-state index contributed by atoms with van der Waals surface area (Å²) in [5, 5.41) is 9.23. The number of hydrogen-bond donors (Lipinski definition) is 2. The molecule has 3 atom stereocenters. The third-order valence-corrected chi connectivity index (χ3v) is 6.98. The molecule has 29 heavy (non-hydrogen) atoms. The minimum Gasteiger partial charge on any atom is -0.477 e. The Morgan fingerprint density at radius 1 is 1.24 bits per heavy atom. The largest absolute Gasteiger partial charge is 0.477 e. The van der Waals surface area contributed by atoms with Gasteiger partial charge in [-0.3, -0.25) is 4.79 Å². The highest BCUT2D eigenvalue weighted by Crippen LogP contribution is 2.44. The number of aromatic nitrogens is 1. The lowest BCUT2D eigenvalue weighted by molar-refractivity contribution is 0.0695. The first kappa shape index (κ1) is 18.5. The molecule has 1 aliphatic heterocycles. The lowest BCUT2D eigenvalue weighted by Gasteiger charge is -2.50. The summed E-state index contributed by atoms with van der Waals surface area (Å²) in [4.78, 5) is 26.0. The van der Waals surface area contributed by atoms with E-state index in [9.17, 15) is 14.7 Å². The first-order valence-electron chi connectivity index (χ1n) is 10.1. The second-order valence-corrected chi connectivity index (χ2v) is 8.70. The Balaban J connectivity index is 1.75. The zero-order valence-corrected chi connectivity index (χ0v) is 16.1. The van der Waals surface area contributed by atoms with Crippen LogP contribution < -0.4 is 16.1 Å². The summed E-state index contributed by atoms with van der Waals surface area (Å²) in [5.74, 6) is -2.23. The van der Waals surface area contributed by atoms with Crippen LogP contribution in [-0.2, 0) is 0 Å². The topological polar surface area (TPSA) is 88.6 Å². The maximum atomic E-state index is 15.8. The number of nitrogens with two attached hydrogens (primary N) is 1. The molecular formula is C21H23F2N3O3. The summed E-state index contributed by atoms with van der Waals surface area (Å²) in [6.07, 6.45) is 4.54. The second-order valence-electron chi connectivity index (χ2n) is 8.70. The zero-order chi connectivity index (χ0) is 20.6. The predicted octanol–water partition coefficient (Wildman–Crippen LogP) is 2.79. The van der Waals surface area contributed by atoms with Crippen molar-refractivity contribution < 1.29 is 18.7 Å². The molecule has 3 N–H and O–H groups in total. The number of piperidine rings is 1. The van der Waals surface area contributed by atoms with Gasteiger partial charge in [0.1, 0.15) is 11.3 Å². The molecule has 2 saturated carbocycles. The molecule has 6 nitrogen and oxygen atoms in total. The van der Waals surface area contributed by atoms with Crippen LogP contribution in [0.5, 0.6) is 0 Å². The van der Waals surface area contributed by atoms with Gasteiger partial charge in [0, 0.05) is 36.9 Å². The molecule has 0 amide bonds. The summed E-state index contributed by atoms with van der Waals surface area (Å²) >= 11 is 0. The average Bonchev–Trinajstić information content (AvgIpc) is 3.51. The van der Waals surface area contributed by atoms with E-state index in [0.29, 0.717) is 19.0 Å². The highest BCUT2D eigenvalue weighted by Gasteiger charge is 2.43. The van der Waals surface area contributed by atoms with E-state index in [4.69, 9.17) is 5.73 Å². The molecule has 2 heterocycles. The van der Waals surface area contributed by atoms with E-state index >= 15 is 8.78 Å². The molecule has 0 spiro atoms. The minimum atomic E-state index is -1.39. The van der Waals surface area contributed by atoms with Gasteiger partial charge in [-0.1, -0.05) is 0 Å². The Morgan fingerprint density at radius 3 is 2.59 bits per heavy atom. The van der Waals surface area contributed by atoms with E-state index < -0.39 is 28.6 Å². The van der Waals surface area contributed by atoms with Crippen molar-refractivity contribution in [2.24, 2.45) is 17.6 Å². The molecule has 8 heteroatoms. The Hall–Kier alpha value is -2.48. The quantitative estimate of drug-likeness (QED) is 0.823. The van der Waals surface area contributed by atoms with Crippen LogP contribution in [0.2, 0.25) is 0 Å². The summed E-state index contributed by atoms with van der Waals surface area (Å²) < 4.78 is 32.7. The molecular weight excluding hydrogens is 380 g/mol. The molecule has 154 valence electrons. The van der Waals surface area contributed by atoms with Crippen LogP contribution in [0.15, 0.2) is 11.0 Å². The Labute approximate surface area is 165 Å². The van der Waals surface area contributed by atoms with Crippen molar-refractivity contribution in [1.82, 2.24) is 4.57 Å². The number of rotatable bonds is 3. The number of benzene rings is 1. The van der Waals surface area contributed by atoms with Crippen LogP contribution in [0.25, 0.3) is 10.9 Å². The molecule has 0 unspecified atom stereocenters. The van der Waals surface area contributed by atoms with Crippen LogP contribution in [0, 0.1) is 30.4 Å². The minimum absolute atomic E-state index is 0.000989. The highest BCUT2D eigenvalue weighted by molar-refractivity contribution is 5.95. The van der Waals surface area contributed by atoms with Crippen molar-refractivity contribution >= 4 is 22.6 Å². The van der Waals surface area contributed by atoms with Crippen molar-refractivity contribution in [3.8, 4) is 0 Å². The smallest absolute Gasteiger partial charge is 0.341 e. The van der Waals surface area contributed by atoms with E-state index in [0.717, 1.165) is 25.7 Å². The third-order valence-electron chi connectivity index (χ3n) is 6.98. The number of aryl methyl sites for hydroxylation is 1. The van der Waals surface area contributed by atoms with Gasteiger partial charge in [0.15, 0.2) is 11.6 Å². The van der Waals surface area contributed by atoms with Gasteiger partial charge in [-0.2, -0.15) is 0 Å². The normalized spacial score (nSPS) is 26.3. The summed E-state index contributed by atoms with van der Waals surface area (Å²) in [5.41, 5.74) is 4.68. The maximum Gasteiger partial charge on any atom is 0.341 e. The Bertz CT molecular complexity index is 1110. The van der Waals surface area contributed by atoms with Gasteiger partial charge in [0.25, 0.3) is 0 Å². The standard InChI is InChI=1S/C21H23F2N3O3/c1-9-15-18(26(11-2-3-11)8-13(20(15)27)21(28)29)17(23)19(16(9)22)25-5-4-10-6-14(24)12(10)7-25/h8,10-12,14H,2-7,24H2,1H3,(H,28,29)/t10-,12-,14+/m1/s1. The van der Waals surface area contributed by atoms with Crippen molar-refractivity contribution in [3.63, 3.8) is 0 Å². The molecule has 5 rings (SSSR count). The maximum absolute atomic E-state index is 15.8. The number of carbonyl (C=O) groups is 1. The Kier molecular flexibility index (Phi) is 4.00. The number of anilines is 1. The number of nitrogens with zero attached hydrogens (tertiary/aromatic N) is 2. The van der Waals surface area contributed by atoms with Crippen molar-refractivity contribution in [2.45, 2.75) is 44.7 Å². The number of hydrogen-bond acceptors (Lipinski definition) is 4. The fourth-order valence-electron chi connectivity index (χ4n) is 5.11. The van der Waals surface area contributed by atoms with Crippen LogP contribution in [-0.4, -0.2) is 34.8 Å². The molecule has 1 aromatic carbocycles. The molecule has 2 aliphatic carbocycles. The van der Waals surface area contributed by atoms with Crippen molar-refractivity contribution in [1.29, 1.82) is 0 Å². The SMILES string of the molecule is Cc1c(F)c(N2CC[C@@H]3C[C@H](N)[C@@H]3C2)c(F)c2c1c(=O)c(C(=O)O)cn2C1CC1. The number of halogens is 2. The first-order valence-corrected chi connectivity index (χ1v) is 10.1. The number of carboxylic acids is 1. The summed E-state index contributed by atoms with van der Waals surface area (Å²) in [7, 11) is 0. The third kappa shape index (κ3) is 2.61. The number of fused-ring (bicyclic) bond motifs is 2. The van der Waals surface area contributed by atoms with Gasteiger partial charge in [-0.25, -0.2) is 13.6 Å². The zero-order valence-electron chi connectivity index (χ0n) is 16.1. The van der Waals surface area contributed by atoms with E-state index in [1.165, 1.54) is 17.7 Å². The summed E-state index contributed by atoms with van der Waals surface area (Å²) in [6.45, 7) is 2.45. The number of aromatic carboxylic acids is 1. The van der Waals surface area contributed by atoms with Crippen LogP contribution in [0.3, 0.4) is 0 Å². The van der Waals surface area contributed by atoms with Crippen LogP contribution >= 0.6 is 0 Å². The fourth-order valence-corrected chi connectivity index (χ4v) is 5.11. The van der Waals surface area contributed by atoms with E-state index in [2.05, 4.69) is 0 Å². The van der Waals surface area contributed by atoms with Gasteiger partial charge in [0.2, 0.25) is 5.43 Å². The van der Waals surface area contributed by atoms with Gasteiger partial charge >= 0.3 is 5.97 Å². The fraction of sp³-hybridized carbons (Fsp3) is 0.524. The lowest BCUT2D eigenvalue weighted by atomic mass is 9.66. The van der Waals surface area contributed by atoms with Crippen molar-refractivity contribution in [2.75, 3.05) is 18.0 Å². The van der Waals surface area contributed by atoms with E-state index in [1.54, 1.807) is 4.90 Å². The predicted molar refractivity (Wildman–Crippen MR) is 104 cm³/mol. The van der Waals surface area contributed by atoms with Crippen LogP contribution in [0.4, 0.5) is 14.5 Å². The first-order chi connectivity index (χ1) is 13.8. The summed E-state index contributed by atoms with van der Waals surface area (Å²) in [6, 6.07) is -0.0209. The van der Waals surface area contributed by atoms with E-state index in [-0.39, 0.29) is 40.2 Å². The van der Waals surface area contributed by atoms with Gasteiger partial charge < -0.3 is 20.3 Å². The average molecular weight is 403 g/mol. The van der Waals surface area contributed by atoms with Gasteiger partial charge in [-0.05, 0) is 44.4 Å². The molecule has 0 bridgehead atoms. The monoisotopic (exact) mass is 403 g/mol. The molecule has 1 saturated heterocycles. The highest BCUT2D eigenvalue weighted by atomic mass is 19.1. The molecule has 2 aromatic rings. The molecule has 3 fully saturated rings. The second kappa shape index (κ2) is 6.26. The number of pyridine rings is 1. The Morgan fingerprint density at radius 2 is 1.97 bits per heavy atom.